The molecule has 3 rings (SSSR count). The highest BCUT2D eigenvalue weighted by Gasteiger charge is 2.21. The Morgan fingerprint density at radius 3 is 2.39 bits per heavy atom. The highest BCUT2D eigenvalue weighted by molar-refractivity contribution is 7.89. The zero-order chi connectivity index (χ0) is 22.8. The normalized spacial score (nSPS) is 11.5. The van der Waals surface area contributed by atoms with Crippen molar-refractivity contribution in [3.8, 4) is 17.0 Å². The summed E-state index contributed by atoms with van der Waals surface area (Å²) in [5.41, 5.74) is 3.21. The maximum atomic E-state index is 12.9. The summed E-state index contributed by atoms with van der Waals surface area (Å²) >= 11 is 5.92. The van der Waals surface area contributed by atoms with Crippen molar-refractivity contribution in [1.82, 2.24) is 14.5 Å². The van der Waals surface area contributed by atoms with E-state index >= 15 is 0 Å². The third kappa shape index (κ3) is 4.98. The van der Waals surface area contributed by atoms with Crippen LogP contribution in [-0.2, 0) is 16.6 Å². The Labute approximate surface area is 186 Å². The molecule has 1 heterocycles. The van der Waals surface area contributed by atoms with Gasteiger partial charge in [-0.2, -0.15) is 5.10 Å². The van der Waals surface area contributed by atoms with Crippen LogP contribution in [0.1, 0.15) is 16.7 Å². The van der Waals surface area contributed by atoms with E-state index in [1.54, 1.807) is 57.4 Å². The van der Waals surface area contributed by atoms with Crippen LogP contribution in [0.15, 0.2) is 52.2 Å². The van der Waals surface area contributed by atoms with Crippen LogP contribution in [0.25, 0.3) is 11.3 Å². The summed E-state index contributed by atoms with van der Waals surface area (Å²) in [5, 5.41) is 4.95. The lowest BCUT2D eigenvalue weighted by molar-refractivity contribution is 0.407. The number of methoxy groups -OCH3 is 1. The number of nitrogens with one attached hydrogen (secondary N) is 1. The average molecular weight is 462 g/mol. The molecule has 0 aliphatic heterocycles. The molecule has 0 saturated carbocycles. The second kappa shape index (κ2) is 9.21. The van der Waals surface area contributed by atoms with Gasteiger partial charge in [0.25, 0.3) is 5.56 Å². The van der Waals surface area contributed by atoms with E-state index in [4.69, 9.17) is 16.3 Å². The fourth-order valence-electron chi connectivity index (χ4n) is 3.36. The van der Waals surface area contributed by atoms with E-state index in [1.807, 2.05) is 6.92 Å². The summed E-state index contributed by atoms with van der Waals surface area (Å²) in [4.78, 5) is 12.4. The first kappa shape index (κ1) is 23.0. The number of hydrogen-bond donors (Lipinski definition) is 1. The molecule has 2 aromatic carbocycles. The zero-order valence-electron chi connectivity index (χ0n) is 17.8. The molecule has 31 heavy (non-hydrogen) atoms. The molecule has 164 valence electrons. The second-order valence-electron chi connectivity index (χ2n) is 7.16. The van der Waals surface area contributed by atoms with Crippen LogP contribution in [0.5, 0.6) is 5.75 Å². The lowest BCUT2D eigenvalue weighted by Gasteiger charge is -2.16. The van der Waals surface area contributed by atoms with Crippen LogP contribution in [-0.4, -0.2) is 31.9 Å². The van der Waals surface area contributed by atoms with Crippen LogP contribution in [0.4, 0.5) is 0 Å². The molecule has 0 unspecified atom stereocenters. The van der Waals surface area contributed by atoms with Crippen molar-refractivity contribution in [1.29, 1.82) is 0 Å². The molecular weight excluding hydrogens is 438 g/mol. The van der Waals surface area contributed by atoms with Gasteiger partial charge < -0.3 is 4.74 Å². The molecule has 0 spiro atoms. The molecule has 3 aromatic rings. The van der Waals surface area contributed by atoms with Gasteiger partial charge in [-0.1, -0.05) is 23.7 Å². The molecule has 0 fully saturated rings. The first-order valence-electron chi connectivity index (χ1n) is 9.62. The van der Waals surface area contributed by atoms with Gasteiger partial charge in [0.05, 0.1) is 24.2 Å². The largest absolute Gasteiger partial charge is 0.496 e. The van der Waals surface area contributed by atoms with Gasteiger partial charge in [0.15, 0.2) is 0 Å². The fourth-order valence-corrected chi connectivity index (χ4v) is 4.89. The van der Waals surface area contributed by atoms with Crippen LogP contribution in [0.3, 0.4) is 0 Å². The number of nitrogens with zero attached hydrogens (tertiary/aromatic N) is 2. The minimum atomic E-state index is -3.77. The topological polar surface area (TPSA) is 90.3 Å². The number of aromatic nitrogens is 2. The van der Waals surface area contributed by atoms with E-state index in [1.165, 1.54) is 10.7 Å². The molecular formula is C22H24ClN3O4S. The van der Waals surface area contributed by atoms with Crippen molar-refractivity contribution >= 4 is 21.6 Å². The van der Waals surface area contributed by atoms with E-state index < -0.39 is 10.0 Å². The Bertz CT molecular complexity index is 1270. The SMILES string of the molecule is COc1c(C)cc(S(=O)(=O)NCCn2nc(-c3ccc(Cl)cc3)ccc2=O)c(C)c1C. The summed E-state index contributed by atoms with van der Waals surface area (Å²) in [5.74, 6) is 0.672. The first-order chi connectivity index (χ1) is 14.6. The third-order valence-corrected chi connectivity index (χ3v) is 6.93. The number of benzene rings is 2. The number of hydrogen-bond acceptors (Lipinski definition) is 5. The Hall–Kier alpha value is -2.68. The maximum Gasteiger partial charge on any atom is 0.266 e. The predicted molar refractivity (Wildman–Crippen MR) is 121 cm³/mol. The Balaban J connectivity index is 1.79. The van der Waals surface area contributed by atoms with Crippen molar-refractivity contribution < 1.29 is 13.2 Å². The smallest absolute Gasteiger partial charge is 0.266 e. The molecule has 0 atom stereocenters. The summed E-state index contributed by atoms with van der Waals surface area (Å²) in [6.45, 7) is 5.48. The number of ether oxygens (including phenoxy) is 1. The van der Waals surface area contributed by atoms with E-state index in [0.29, 0.717) is 22.0 Å². The molecule has 0 amide bonds. The Kier molecular flexibility index (Phi) is 6.83. The van der Waals surface area contributed by atoms with Gasteiger partial charge in [-0.25, -0.2) is 17.8 Å². The van der Waals surface area contributed by atoms with Gasteiger partial charge in [0.2, 0.25) is 10.0 Å². The second-order valence-corrected chi connectivity index (χ2v) is 9.33. The highest BCUT2D eigenvalue weighted by Crippen LogP contribution is 2.30. The molecule has 0 saturated heterocycles. The first-order valence-corrected chi connectivity index (χ1v) is 11.5. The molecule has 0 aliphatic carbocycles. The van der Waals surface area contributed by atoms with Gasteiger partial charge >= 0.3 is 0 Å². The Morgan fingerprint density at radius 2 is 1.74 bits per heavy atom. The summed E-state index contributed by atoms with van der Waals surface area (Å²) in [6, 6.07) is 11.7. The number of sulfonamides is 1. The molecule has 0 bridgehead atoms. The monoisotopic (exact) mass is 461 g/mol. The molecule has 0 aliphatic rings. The van der Waals surface area contributed by atoms with E-state index in [2.05, 4.69) is 9.82 Å². The lowest BCUT2D eigenvalue weighted by atomic mass is 10.1. The number of aryl methyl sites for hydroxylation is 1. The molecule has 7 nitrogen and oxygen atoms in total. The molecule has 1 N–H and O–H groups in total. The standard InChI is InChI=1S/C22H24ClN3O4S/c1-14-13-20(15(2)16(3)22(14)30-4)31(28,29)24-11-12-26-21(27)10-9-19(25-26)17-5-7-18(23)8-6-17/h5-10,13,24H,11-12H2,1-4H3. The predicted octanol–water partition coefficient (Wildman–Crippen LogP) is 3.48. The summed E-state index contributed by atoms with van der Waals surface area (Å²) in [7, 11) is -2.21. The van der Waals surface area contributed by atoms with Gasteiger partial charge in [-0.3, -0.25) is 4.79 Å². The molecule has 0 radical (unpaired) electrons. The van der Waals surface area contributed by atoms with Crippen molar-refractivity contribution in [3.05, 3.63) is 74.5 Å². The molecule has 1 aromatic heterocycles. The van der Waals surface area contributed by atoms with Crippen LogP contribution < -0.4 is 15.0 Å². The Morgan fingerprint density at radius 1 is 1.06 bits per heavy atom. The average Bonchev–Trinajstić information content (AvgIpc) is 2.73. The van der Waals surface area contributed by atoms with E-state index in [9.17, 15) is 13.2 Å². The summed E-state index contributed by atoms with van der Waals surface area (Å²) < 4.78 is 34.9. The fraction of sp³-hybridized carbons (Fsp3) is 0.273. The van der Waals surface area contributed by atoms with Crippen LogP contribution in [0, 0.1) is 20.8 Å². The third-order valence-electron chi connectivity index (χ3n) is 5.09. The van der Waals surface area contributed by atoms with Crippen LogP contribution in [0.2, 0.25) is 5.02 Å². The highest BCUT2D eigenvalue weighted by atomic mass is 35.5. The lowest BCUT2D eigenvalue weighted by Crippen LogP contribution is -2.32. The number of halogens is 1. The van der Waals surface area contributed by atoms with Gasteiger partial charge in [0.1, 0.15) is 5.75 Å². The van der Waals surface area contributed by atoms with Crippen molar-refractivity contribution in [2.24, 2.45) is 0 Å². The molecule has 9 heteroatoms. The minimum Gasteiger partial charge on any atom is -0.496 e. The van der Waals surface area contributed by atoms with Gasteiger partial charge in [-0.05, 0) is 61.7 Å². The van der Waals surface area contributed by atoms with Crippen LogP contribution >= 0.6 is 11.6 Å². The van der Waals surface area contributed by atoms with E-state index in [0.717, 1.165) is 16.7 Å². The van der Waals surface area contributed by atoms with Crippen molar-refractivity contribution in [2.75, 3.05) is 13.7 Å². The van der Waals surface area contributed by atoms with Crippen molar-refractivity contribution in [2.45, 2.75) is 32.2 Å². The van der Waals surface area contributed by atoms with E-state index in [-0.39, 0.29) is 23.5 Å². The minimum absolute atomic E-state index is 0.0167. The van der Waals surface area contributed by atoms with Crippen molar-refractivity contribution in [3.63, 3.8) is 0 Å². The quantitative estimate of drug-likeness (QED) is 0.581. The van der Waals surface area contributed by atoms with Gasteiger partial charge in [-0.15, -0.1) is 0 Å². The maximum absolute atomic E-state index is 12.9. The van der Waals surface area contributed by atoms with Gasteiger partial charge in [0, 0.05) is 23.2 Å². The summed E-state index contributed by atoms with van der Waals surface area (Å²) in [6.07, 6.45) is 0. The number of rotatable bonds is 7. The zero-order valence-corrected chi connectivity index (χ0v) is 19.3.